The first-order chi connectivity index (χ1) is 10.7. The van der Waals surface area contributed by atoms with Crippen LogP contribution < -0.4 is 5.59 Å². The van der Waals surface area contributed by atoms with Gasteiger partial charge in [0.25, 0.3) is 0 Å². The molecule has 0 spiro atoms. The maximum absolute atomic E-state index is 12.4. The normalized spacial score (nSPS) is 19.3. The number of carbonyl (C=O) groups is 1. The second-order valence-electron chi connectivity index (χ2n) is 6.92. The van der Waals surface area contributed by atoms with Gasteiger partial charge in [-0.3, -0.25) is 0 Å². The Morgan fingerprint density at radius 1 is 1.13 bits per heavy atom. The molecule has 0 radical (unpaired) electrons. The van der Waals surface area contributed by atoms with E-state index in [-0.39, 0.29) is 5.97 Å². The van der Waals surface area contributed by atoms with E-state index in [1.807, 2.05) is 63.6 Å². The van der Waals surface area contributed by atoms with E-state index >= 15 is 0 Å². The molecule has 1 aromatic heterocycles. The van der Waals surface area contributed by atoms with Gasteiger partial charge >= 0.3 is 13.1 Å². The molecule has 0 unspecified atom stereocenters. The van der Waals surface area contributed by atoms with Crippen molar-refractivity contribution >= 4 is 29.6 Å². The highest BCUT2D eigenvalue weighted by atomic mass is 16.7. The van der Waals surface area contributed by atoms with Gasteiger partial charge in [0.1, 0.15) is 0 Å². The highest BCUT2D eigenvalue weighted by molar-refractivity contribution is 6.63. The van der Waals surface area contributed by atoms with E-state index in [0.717, 1.165) is 10.9 Å². The van der Waals surface area contributed by atoms with Crippen LogP contribution in [-0.2, 0) is 21.1 Å². The summed E-state index contributed by atoms with van der Waals surface area (Å²) in [5, 5.41) is 0.839. The van der Waals surface area contributed by atoms with Gasteiger partial charge in [0, 0.05) is 18.0 Å². The van der Waals surface area contributed by atoms with Gasteiger partial charge in [-0.2, -0.15) is 0 Å². The number of carbonyl (C=O) groups excluding carboxylic acids is 1. The number of esters is 1. The Morgan fingerprint density at radius 3 is 2.26 bits per heavy atom. The molecule has 2 heterocycles. The third-order valence-corrected chi connectivity index (χ3v) is 5.02. The summed E-state index contributed by atoms with van der Waals surface area (Å²) >= 11 is 0. The third-order valence-electron chi connectivity index (χ3n) is 5.02. The minimum absolute atomic E-state index is 0.383. The van der Waals surface area contributed by atoms with Crippen molar-refractivity contribution in [1.29, 1.82) is 0 Å². The van der Waals surface area contributed by atoms with Crippen LogP contribution >= 0.6 is 0 Å². The van der Waals surface area contributed by atoms with Crippen molar-refractivity contribution in [1.82, 2.24) is 4.57 Å². The number of ether oxygens (including phenoxy) is 1. The van der Waals surface area contributed by atoms with Gasteiger partial charge in [-0.15, -0.1) is 0 Å². The lowest BCUT2D eigenvalue weighted by atomic mass is 9.81. The molecular formula is C17H22BNO4. The number of benzene rings is 1. The monoisotopic (exact) mass is 315 g/mol. The van der Waals surface area contributed by atoms with Crippen molar-refractivity contribution in [3.8, 4) is 0 Å². The molecule has 1 fully saturated rings. The Morgan fingerprint density at radius 2 is 1.70 bits per heavy atom. The second kappa shape index (κ2) is 5.11. The van der Waals surface area contributed by atoms with Crippen molar-refractivity contribution < 1.29 is 18.8 Å². The Kier molecular flexibility index (Phi) is 3.57. The number of hydrogen-bond acceptors (Lipinski definition) is 4. The van der Waals surface area contributed by atoms with Gasteiger partial charge in [0.2, 0.25) is 0 Å². The van der Waals surface area contributed by atoms with Crippen molar-refractivity contribution in [2.45, 2.75) is 38.9 Å². The zero-order valence-corrected chi connectivity index (χ0v) is 14.5. The van der Waals surface area contributed by atoms with Crippen LogP contribution in [0, 0.1) is 0 Å². The molecule has 5 nitrogen and oxygen atoms in total. The van der Waals surface area contributed by atoms with E-state index in [9.17, 15) is 4.79 Å². The molecule has 1 aliphatic rings. The van der Waals surface area contributed by atoms with Crippen molar-refractivity contribution in [3.05, 3.63) is 29.8 Å². The third kappa shape index (κ3) is 2.28. The van der Waals surface area contributed by atoms with E-state index in [1.54, 1.807) is 0 Å². The van der Waals surface area contributed by atoms with Crippen LogP contribution in [0.25, 0.3) is 10.9 Å². The number of aryl methyl sites for hydroxylation is 1. The van der Waals surface area contributed by atoms with Crippen LogP contribution in [0.2, 0.25) is 0 Å². The van der Waals surface area contributed by atoms with Crippen LogP contribution in [-0.4, -0.2) is 36.0 Å². The average Bonchev–Trinajstić information content (AvgIpc) is 2.89. The number of fused-ring (bicyclic) bond motifs is 1. The molecule has 122 valence electrons. The van der Waals surface area contributed by atoms with E-state index in [0.29, 0.717) is 11.2 Å². The van der Waals surface area contributed by atoms with Gasteiger partial charge in [-0.05, 0) is 33.8 Å². The molecule has 0 aliphatic carbocycles. The molecule has 0 atom stereocenters. The zero-order chi connectivity index (χ0) is 17.0. The first-order valence-corrected chi connectivity index (χ1v) is 7.71. The number of aromatic nitrogens is 1. The van der Waals surface area contributed by atoms with Crippen molar-refractivity contribution in [2.24, 2.45) is 7.05 Å². The summed E-state index contributed by atoms with van der Waals surface area (Å²) in [6, 6.07) is 7.73. The summed E-state index contributed by atoms with van der Waals surface area (Å²) in [6.45, 7) is 7.97. The quantitative estimate of drug-likeness (QED) is 0.630. The Hall–Kier alpha value is -1.79. The van der Waals surface area contributed by atoms with Crippen molar-refractivity contribution in [3.63, 3.8) is 0 Å². The lowest BCUT2D eigenvalue weighted by molar-refractivity contribution is 0.00578. The molecule has 0 N–H and O–H groups in total. The molecule has 23 heavy (non-hydrogen) atoms. The fraction of sp³-hybridized carbons (Fsp3) is 0.471. The smallest absolute Gasteiger partial charge is 0.465 e. The largest absolute Gasteiger partial charge is 0.513 e. The predicted octanol–water partition coefficient (Wildman–Crippen LogP) is 2.26. The SMILES string of the molecule is COC(=O)c1c(B2OC(C)(C)C(C)(C)O2)n(C)c2ccccc12. The number of methoxy groups -OCH3 is 1. The van der Waals surface area contributed by atoms with Gasteiger partial charge in [0.05, 0.1) is 29.5 Å². The first-order valence-electron chi connectivity index (χ1n) is 7.71. The predicted molar refractivity (Wildman–Crippen MR) is 90.0 cm³/mol. The molecule has 1 aliphatic heterocycles. The summed E-state index contributed by atoms with van der Waals surface area (Å²) in [5.41, 5.74) is 1.20. The van der Waals surface area contributed by atoms with E-state index < -0.39 is 18.3 Å². The number of nitrogens with zero attached hydrogens (tertiary/aromatic N) is 1. The lowest BCUT2D eigenvalue weighted by Gasteiger charge is -2.32. The topological polar surface area (TPSA) is 49.7 Å². The highest BCUT2D eigenvalue weighted by Gasteiger charge is 2.53. The Bertz CT molecular complexity index is 762. The zero-order valence-electron chi connectivity index (χ0n) is 14.5. The number of hydrogen-bond donors (Lipinski definition) is 0. The number of rotatable bonds is 2. The standard InChI is InChI=1S/C17H22BNO4/c1-16(2)17(3,4)23-18(22-16)14-13(15(20)21-6)11-9-7-8-10-12(11)19(14)5/h7-10H,1-6H3. The Balaban J connectivity index is 2.22. The molecule has 6 heteroatoms. The summed E-state index contributed by atoms with van der Waals surface area (Å²) < 4.78 is 19.2. The molecule has 0 saturated carbocycles. The Labute approximate surface area is 136 Å². The van der Waals surface area contributed by atoms with Crippen LogP contribution in [0.1, 0.15) is 38.1 Å². The summed E-state index contributed by atoms with van der Waals surface area (Å²) in [7, 11) is 2.68. The van der Waals surface area contributed by atoms with Crippen LogP contribution in [0.15, 0.2) is 24.3 Å². The molecule has 2 aromatic rings. The average molecular weight is 315 g/mol. The lowest BCUT2D eigenvalue weighted by Crippen LogP contribution is -2.41. The molecule has 3 rings (SSSR count). The fourth-order valence-corrected chi connectivity index (χ4v) is 2.96. The van der Waals surface area contributed by atoms with Gasteiger partial charge < -0.3 is 18.6 Å². The van der Waals surface area contributed by atoms with Crippen LogP contribution in [0.5, 0.6) is 0 Å². The van der Waals surface area contributed by atoms with Gasteiger partial charge in [-0.1, -0.05) is 18.2 Å². The van der Waals surface area contributed by atoms with E-state index in [1.165, 1.54) is 7.11 Å². The first kappa shape index (κ1) is 16.1. The molecule has 1 saturated heterocycles. The summed E-state index contributed by atoms with van der Waals surface area (Å²) in [6.07, 6.45) is 0. The summed E-state index contributed by atoms with van der Waals surface area (Å²) in [5.74, 6) is -0.383. The van der Waals surface area contributed by atoms with Gasteiger partial charge in [0.15, 0.2) is 0 Å². The minimum Gasteiger partial charge on any atom is -0.465 e. The van der Waals surface area contributed by atoms with E-state index in [4.69, 9.17) is 14.0 Å². The maximum Gasteiger partial charge on any atom is 0.513 e. The van der Waals surface area contributed by atoms with Crippen LogP contribution in [0.3, 0.4) is 0 Å². The molecule has 0 amide bonds. The number of para-hydroxylation sites is 1. The van der Waals surface area contributed by atoms with Crippen LogP contribution in [0.4, 0.5) is 0 Å². The van der Waals surface area contributed by atoms with Crippen molar-refractivity contribution in [2.75, 3.05) is 7.11 Å². The van der Waals surface area contributed by atoms with Gasteiger partial charge in [-0.25, -0.2) is 4.79 Å². The summed E-state index contributed by atoms with van der Waals surface area (Å²) in [4.78, 5) is 12.4. The minimum atomic E-state index is -0.619. The maximum atomic E-state index is 12.4. The molecule has 1 aromatic carbocycles. The molecule has 0 bridgehead atoms. The molecular weight excluding hydrogens is 293 g/mol. The highest BCUT2D eigenvalue weighted by Crippen LogP contribution is 2.37. The fourth-order valence-electron chi connectivity index (χ4n) is 2.96. The van der Waals surface area contributed by atoms with E-state index in [2.05, 4.69) is 0 Å². The second-order valence-corrected chi connectivity index (χ2v) is 6.92.